The Hall–Kier alpha value is -2.04. The van der Waals surface area contributed by atoms with E-state index in [4.69, 9.17) is 10.5 Å². The van der Waals surface area contributed by atoms with Gasteiger partial charge in [0.2, 0.25) is 0 Å². The largest absolute Gasteiger partial charge is 0.452 e. The number of amides is 1. The molecule has 1 rings (SSSR count). The first kappa shape index (κ1) is 15.0. The molecule has 0 heterocycles. The van der Waals surface area contributed by atoms with Gasteiger partial charge in [-0.1, -0.05) is 26.0 Å². The van der Waals surface area contributed by atoms with Crippen LogP contribution in [0.15, 0.2) is 24.3 Å². The Morgan fingerprint density at radius 3 is 2.63 bits per heavy atom. The predicted molar refractivity (Wildman–Crippen MR) is 73.6 cm³/mol. The number of carbonyl (C=O) groups is 2. The zero-order valence-electron chi connectivity index (χ0n) is 11.3. The van der Waals surface area contributed by atoms with Crippen LogP contribution >= 0.6 is 0 Å². The smallest absolute Gasteiger partial charge is 0.340 e. The fourth-order valence-corrected chi connectivity index (χ4v) is 1.44. The molecular formula is C14H20N2O3. The summed E-state index contributed by atoms with van der Waals surface area (Å²) in [5, 5.41) is 2.69. The van der Waals surface area contributed by atoms with E-state index in [-0.39, 0.29) is 18.1 Å². The van der Waals surface area contributed by atoms with Gasteiger partial charge in [-0.25, -0.2) is 4.79 Å². The maximum Gasteiger partial charge on any atom is 0.340 e. The van der Waals surface area contributed by atoms with Crippen LogP contribution in [0.25, 0.3) is 0 Å². The van der Waals surface area contributed by atoms with Gasteiger partial charge in [-0.05, 0) is 24.5 Å². The van der Waals surface area contributed by atoms with Crippen molar-refractivity contribution in [2.45, 2.75) is 20.3 Å². The summed E-state index contributed by atoms with van der Waals surface area (Å²) < 4.78 is 4.90. The zero-order chi connectivity index (χ0) is 14.3. The number of carbonyl (C=O) groups excluding carboxylic acids is 2. The van der Waals surface area contributed by atoms with E-state index in [1.807, 2.05) is 0 Å². The molecule has 0 aliphatic carbocycles. The Morgan fingerprint density at radius 1 is 1.32 bits per heavy atom. The SMILES string of the molecule is CC(C)CCNC(=O)COC(=O)c1ccccc1N. The molecule has 1 aromatic rings. The quantitative estimate of drug-likeness (QED) is 0.604. The molecule has 0 bridgehead atoms. The van der Waals surface area contributed by atoms with Gasteiger partial charge in [0.15, 0.2) is 6.61 Å². The Labute approximate surface area is 113 Å². The number of anilines is 1. The van der Waals surface area contributed by atoms with Gasteiger partial charge in [0.25, 0.3) is 5.91 Å². The van der Waals surface area contributed by atoms with Gasteiger partial charge in [0.1, 0.15) is 0 Å². The maximum atomic E-state index is 11.7. The van der Waals surface area contributed by atoms with Gasteiger partial charge in [-0.2, -0.15) is 0 Å². The van der Waals surface area contributed by atoms with Crippen LogP contribution in [0.1, 0.15) is 30.6 Å². The summed E-state index contributed by atoms with van der Waals surface area (Å²) in [7, 11) is 0. The van der Waals surface area contributed by atoms with E-state index >= 15 is 0 Å². The van der Waals surface area contributed by atoms with Crippen molar-refractivity contribution >= 4 is 17.6 Å². The predicted octanol–water partition coefficient (Wildman–Crippen LogP) is 1.59. The number of hydrogen-bond acceptors (Lipinski definition) is 4. The highest BCUT2D eigenvalue weighted by Crippen LogP contribution is 2.11. The summed E-state index contributed by atoms with van der Waals surface area (Å²) in [5.41, 5.74) is 6.26. The molecule has 0 saturated heterocycles. The average Bonchev–Trinajstić information content (AvgIpc) is 2.36. The third kappa shape index (κ3) is 5.42. The molecule has 3 N–H and O–H groups in total. The zero-order valence-corrected chi connectivity index (χ0v) is 11.3. The third-order valence-electron chi connectivity index (χ3n) is 2.56. The molecule has 0 spiro atoms. The van der Waals surface area contributed by atoms with Crippen LogP contribution in [0, 0.1) is 5.92 Å². The van der Waals surface area contributed by atoms with E-state index in [0.717, 1.165) is 6.42 Å². The highest BCUT2D eigenvalue weighted by Gasteiger charge is 2.12. The number of para-hydroxylation sites is 1. The number of rotatable bonds is 6. The van der Waals surface area contributed by atoms with Crippen LogP contribution < -0.4 is 11.1 Å². The van der Waals surface area contributed by atoms with Crippen LogP contribution in [-0.4, -0.2) is 25.0 Å². The average molecular weight is 264 g/mol. The second kappa shape index (κ2) is 7.41. The lowest BCUT2D eigenvalue weighted by Gasteiger charge is -2.08. The van der Waals surface area contributed by atoms with Crippen LogP contribution in [0.2, 0.25) is 0 Å². The number of esters is 1. The monoisotopic (exact) mass is 264 g/mol. The van der Waals surface area contributed by atoms with Crippen LogP contribution in [0.5, 0.6) is 0 Å². The van der Waals surface area contributed by atoms with Crippen molar-refractivity contribution in [1.29, 1.82) is 0 Å². The van der Waals surface area contributed by atoms with Crippen molar-refractivity contribution in [3.05, 3.63) is 29.8 Å². The van der Waals surface area contributed by atoms with Crippen LogP contribution in [-0.2, 0) is 9.53 Å². The molecule has 0 aromatic heterocycles. The topological polar surface area (TPSA) is 81.4 Å². The molecule has 5 heteroatoms. The van der Waals surface area contributed by atoms with Crippen molar-refractivity contribution in [2.24, 2.45) is 5.92 Å². The fourth-order valence-electron chi connectivity index (χ4n) is 1.44. The Kier molecular flexibility index (Phi) is 5.85. The summed E-state index contributed by atoms with van der Waals surface area (Å²) in [4.78, 5) is 23.1. The molecular weight excluding hydrogens is 244 g/mol. The molecule has 19 heavy (non-hydrogen) atoms. The van der Waals surface area contributed by atoms with Crippen molar-refractivity contribution in [1.82, 2.24) is 5.32 Å². The maximum absolute atomic E-state index is 11.7. The molecule has 0 unspecified atom stereocenters. The standard InChI is InChI=1S/C14H20N2O3/c1-10(2)7-8-16-13(17)9-19-14(18)11-5-3-4-6-12(11)15/h3-6,10H,7-9,15H2,1-2H3,(H,16,17). The molecule has 1 aromatic carbocycles. The fraction of sp³-hybridized carbons (Fsp3) is 0.429. The second-order valence-corrected chi connectivity index (χ2v) is 4.70. The lowest BCUT2D eigenvalue weighted by molar-refractivity contribution is -0.124. The minimum absolute atomic E-state index is 0.275. The van der Waals surface area contributed by atoms with Crippen molar-refractivity contribution in [3.63, 3.8) is 0 Å². The van der Waals surface area contributed by atoms with E-state index in [9.17, 15) is 9.59 Å². The molecule has 104 valence electrons. The molecule has 0 aliphatic rings. The first-order valence-electron chi connectivity index (χ1n) is 6.29. The molecule has 0 aliphatic heterocycles. The highest BCUT2D eigenvalue weighted by molar-refractivity contribution is 5.96. The van der Waals surface area contributed by atoms with Crippen LogP contribution in [0.3, 0.4) is 0 Å². The van der Waals surface area contributed by atoms with Gasteiger partial charge in [-0.3, -0.25) is 4.79 Å². The van der Waals surface area contributed by atoms with E-state index < -0.39 is 5.97 Å². The Bertz CT molecular complexity index is 444. The normalized spacial score (nSPS) is 10.3. The minimum Gasteiger partial charge on any atom is -0.452 e. The third-order valence-corrected chi connectivity index (χ3v) is 2.56. The van der Waals surface area contributed by atoms with Gasteiger partial charge in [-0.15, -0.1) is 0 Å². The van der Waals surface area contributed by atoms with E-state index in [1.165, 1.54) is 0 Å². The number of nitrogen functional groups attached to an aromatic ring is 1. The van der Waals surface area contributed by atoms with Gasteiger partial charge in [0, 0.05) is 12.2 Å². The number of benzene rings is 1. The van der Waals surface area contributed by atoms with Gasteiger partial charge < -0.3 is 15.8 Å². The first-order chi connectivity index (χ1) is 9.00. The summed E-state index contributed by atoms with van der Waals surface area (Å²) in [5.74, 6) is -0.368. The number of ether oxygens (including phenoxy) is 1. The second-order valence-electron chi connectivity index (χ2n) is 4.70. The van der Waals surface area contributed by atoms with Crippen molar-refractivity contribution in [3.8, 4) is 0 Å². The lowest BCUT2D eigenvalue weighted by atomic mass is 10.1. The Balaban J connectivity index is 2.34. The molecule has 0 fully saturated rings. The molecule has 5 nitrogen and oxygen atoms in total. The number of hydrogen-bond donors (Lipinski definition) is 2. The van der Waals surface area contributed by atoms with Crippen molar-refractivity contribution < 1.29 is 14.3 Å². The van der Waals surface area contributed by atoms with E-state index in [1.54, 1.807) is 24.3 Å². The summed E-state index contributed by atoms with van der Waals surface area (Å²) in [6.07, 6.45) is 0.894. The summed E-state index contributed by atoms with van der Waals surface area (Å²) in [6.45, 7) is 4.45. The number of nitrogens with one attached hydrogen (secondary N) is 1. The molecule has 0 saturated carbocycles. The lowest BCUT2D eigenvalue weighted by Crippen LogP contribution is -2.30. The number of nitrogens with two attached hydrogens (primary N) is 1. The minimum atomic E-state index is -0.586. The Morgan fingerprint density at radius 2 is 2.00 bits per heavy atom. The summed E-state index contributed by atoms with van der Waals surface area (Å²) >= 11 is 0. The first-order valence-corrected chi connectivity index (χ1v) is 6.29. The molecule has 1 amide bonds. The van der Waals surface area contributed by atoms with E-state index in [0.29, 0.717) is 18.2 Å². The van der Waals surface area contributed by atoms with Crippen molar-refractivity contribution in [2.75, 3.05) is 18.9 Å². The van der Waals surface area contributed by atoms with E-state index in [2.05, 4.69) is 19.2 Å². The molecule has 0 atom stereocenters. The highest BCUT2D eigenvalue weighted by atomic mass is 16.5. The van der Waals surface area contributed by atoms with Gasteiger partial charge >= 0.3 is 5.97 Å². The molecule has 0 radical (unpaired) electrons. The van der Waals surface area contributed by atoms with Crippen LogP contribution in [0.4, 0.5) is 5.69 Å². The van der Waals surface area contributed by atoms with Gasteiger partial charge in [0.05, 0.1) is 5.56 Å². The summed E-state index contributed by atoms with van der Waals surface area (Å²) in [6, 6.07) is 6.59.